The van der Waals surface area contributed by atoms with E-state index in [4.69, 9.17) is 14.2 Å². The summed E-state index contributed by atoms with van der Waals surface area (Å²) in [6.45, 7) is 4.83. The van der Waals surface area contributed by atoms with Crippen LogP contribution in [0.5, 0.6) is 17.2 Å². The van der Waals surface area contributed by atoms with Gasteiger partial charge in [-0.1, -0.05) is 32.4 Å². The maximum atomic E-state index is 13.3. The number of methoxy groups -OCH3 is 3. The van der Waals surface area contributed by atoms with Crippen molar-refractivity contribution in [1.82, 2.24) is 4.90 Å². The molecule has 2 unspecified atom stereocenters. The van der Waals surface area contributed by atoms with Crippen LogP contribution in [0, 0.1) is 5.92 Å². The summed E-state index contributed by atoms with van der Waals surface area (Å²) in [6, 6.07) is 11.9. The van der Waals surface area contributed by atoms with Gasteiger partial charge in [-0.2, -0.15) is 0 Å². The first-order valence-electron chi connectivity index (χ1n) is 10.2. The third-order valence-corrected chi connectivity index (χ3v) is 5.73. The van der Waals surface area contributed by atoms with Crippen molar-refractivity contribution < 1.29 is 19.0 Å². The first kappa shape index (κ1) is 21.0. The summed E-state index contributed by atoms with van der Waals surface area (Å²) in [5.74, 6) is 2.41. The van der Waals surface area contributed by atoms with Crippen LogP contribution in [-0.2, 0) is 11.2 Å². The summed E-state index contributed by atoms with van der Waals surface area (Å²) in [5, 5.41) is 0. The summed E-state index contributed by atoms with van der Waals surface area (Å²) in [7, 11) is 4.95. The molecule has 0 N–H and O–H groups in total. The molecule has 3 rings (SSSR count). The van der Waals surface area contributed by atoms with Gasteiger partial charge in [-0.15, -0.1) is 0 Å². The highest BCUT2D eigenvalue weighted by molar-refractivity contribution is 5.80. The molecule has 1 aliphatic rings. The number of amides is 1. The molecule has 156 valence electrons. The molecule has 0 spiro atoms. The fraction of sp³-hybridized carbons (Fsp3) is 0.458. The smallest absolute Gasteiger partial charge is 0.226 e. The van der Waals surface area contributed by atoms with Crippen molar-refractivity contribution in [2.45, 2.75) is 39.2 Å². The topological polar surface area (TPSA) is 48.0 Å². The first-order chi connectivity index (χ1) is 14.0. The Labute approximate surface area is 173 Å². The van der Waals surface area contributed by atoms with Crippen molar-refractivity contribution in [3.8, 4) is 17.2 Å². The molecule has 5 heteroatoms. The zero-order valence-electron chi connectivity index (χ0n) is 18.0. The second-order valence-electron chi connectivity index (χ2n) is 7.55. The van der Waals surface area contributed by atoms with E-state index in [1.54, 1.807) is 21.3 Å². The van der Waals surface area contributed by atoms with Crippen molar-refractivity contribution in [2.75, 3.05) is 27.9 Å². The highest BCUT2D eigenvalue weighted by Crippen LogP contribution is 2.42. The van der Waals surface area contributed by atoms with E-state index in [1.165, 1.54) is 5.56 Å². The van der Waals surface area contributed by atoms with Crippen LogP contribution in [0.15, 0.2) is 36.4 Å². The van der Waals surface area contributed by atoms with Crippen molar-refractivity contribution in [3.63, 3.8) is 0 Å². The third kappa shape index (κ3) is 4.19. The van der Waals surface area contributed by atoms with E-state index in [2.05, 4.69) is 6.92 Å². The van der Waals surface area contributed by atoms with Crippen molar-refractivity contribution in [3.05, 3.63) is 53.1 Å². The molecule has 5 nitrogen and oxygen atoms in total. The van der Waals surface area contributed by atoms with Crippen molar-refractivity contribution >= 4 is 5.91 Å². The largest absolute Gasteiger partial charge is 0.497 e. The molecular weight excluding hydrogens is 366 g/mol. The molecule has 0 aliphatic carbocycles. The van der Waals surface area contributed by atoms with Crippen LogP contribution in [0.2, 0.25) is 0 Å². The second kappa shape index (κ2) is 9.21. The molecule has 1 amide bonds. The van der Waals surface area contributed by atoms with Crippen molar-refractivity contribution in [1.29, 1.82) is 0 Å². The minimum Gasteiger partial charge on any atom is -0.497 e. The van der Waals surface area contributed by atoms with Gasteiger partial charge in [0.1, 0.15) is 5.75 Å². The summed E-state index contributed by atoms with van der Waals surface area (Å²) >= 11 is 0. The van der Waals surface area contributed by atoms with Gasteiger partial charge in [-0.25, -0.2) is 0 Å². The Morgan fingerprint density at radius 2 is 1.72 bits per heavy atom. The molecule has 0 fully saturated rings. The lowest BCUT2D eigenvalue weighted by Crippen LogP contribution is -2.43. The Kier molecular flexibility index (Phi) is 6.68. The SMILES string of the molecule is CCCC(C)C(=O)N1CCc2cc(OC)c(OC)cc2C1c1ccc(OC)cc1. The van der Waals surface area contributed by atoms with E-state index >= 15 is 0 Å². The number of nitrogens with zero attached hydrogens (tertiary/aromatic N) is 1. The number of fused-ring (bicyclic) bond motifs is 1. The fourth-order valence-electron chi connectivity index (χ4n) is 4.17. The predicted molar refractivity (Wildman–Crippen MR) is 114 cm³/mol. The molecule has 1 aliphatic heterocycles. The first-order valence-corrected chi connectivity index (χ1v) is 10.2. The van der Waals surface area contributed by atoms with Gasteiger partial charge in [-0.3, -0.25) is 4.79 Å². The molecule has 2 atom stereocenters. The van der Waals surface area contributed by atoms with Gasteiger partial charge in [0.25, 0.3) is 0 Å². The molecule has 0 saturated heterocycles. The number of carbonyl (C=O) groups is 1. The quantitative estimate of drug-likeness (QED) is 0.684. The van der Waals surface area contributed by atoms with Crippen LogP contribution in [0.25, 0.3) is 0 Å². The molecule has 0 radical (unpaired) electrons. The van der Waals surface area contributed by atoms with E-state index in [0.717, 1.165) is 41.9 Å². The number of ether oxygens (including phenoxy) is 3. The monoisotopic (exact) mass is 397 g/mol. The minimum absolute atomic E-state index is 0.00226. The molecule has 2 aromatic rings. The third-order valence-electron chi connectivity index (χ3n) is 5.73. The molecule has 2 aromatic carbocycles. The van der Waals surface area contributed by atoms with Crippen LogP contribution in [0.3, 0.4) is 0 Å². The Bertz CT molecular complexity index is 847. The highest BCUT2D eigenvalue weighted by Gasteiger charge is 2.34. The van der Waals surface area contributed by atoms with Gasteiger partial charge < -0.3 is 19.1 Å². The maximum absolute atomic E-state index is 13.3. The van der Waals surface area contributed by atoms with Gasteiger partial charge >= 0.3 is 0 Å². The van der Waals surface area contributed by atoms with E-state index < -0.39 is 0 Å². The summed E-state index contributed by atoms with van der Waals surface area (Å²) in [5.41, 5.74) is 3.35. The lowest BCUT2D eigenvalue weighted by molar-refractivity contribution is -0.137. The van der Waals surface area contributed by atoms with Gasteiger partial charge in [0, 0.05) is 12.5 Å². The van der Waals surface area contributed by atoms with Crippen LogP contribution in [0.1, 0.15) is 49.4 Å². The van der Waals surface area contributed by atoms with Crippen LogP contribution in [-0.4, -0.2) is 38.7 Å². The maximum Gasteiger partial charge on any atom is 0.226 e. The van der Waals surface area contributed by atoms with Gasteiger partial charge in [-0.05, 0) is 53.8 Å². The van der Waals surface area contributed by atoms with E-state index in [9.17, 15) is 4.79 Å². The second-order valence-corrected chi connectivity index (χ2v) is 7.55. The van der Waals surface area contributed by atoms with Gasteiger partial charge in [0.05, 0.1) is 27.4 Å². The Morgan fingerprint density at radius 1 is 1.07 bits per heavy atom. The van der Waals surface area contributed by atoms with E-state index in [1.807, 2.05) is 48.2 Å². The Balaban J connectivity index is 2.10. The molecular formula is C24H31NO4. The van der Waals surface area contributed by atoms with E-state index in [0.29, 0.717) is 12.3 Å². The minimum atomic E-state index is -0.156. The van der Waals surface area contributed by atoms with Crippen LogP contribution in [0.4, 0.5) is 0 Å². The molecule has 29 heavy (non-hydrogen) atoms. The summed E-state index contributed by atoms with van der Waals surface area (Å²) in [6.07, 6.45) is 2.69. The number of rotatable bonds is 7. The molecule has 0 saturated carbocycles. The standard InChI is InChI=1S/C24H31NO4/c1-6-7-16(2)24(26)25-13-12-18-14-21(28-4)22(29-5)15-20(18)23(25)17-8-10-19(27-3)11-9-17/h8-11,14-16,23H,6-7,12-13H2,1-5H3. The lowest BCUT2D eigenvalue weighted by atomic mass is 9.86. The molecule has 0 aromatic heterocycles. The van der Waals surface area contributed by atoms with Crippen LogP contribution < -0.4 is 14.2 Å². The van der Waals surface area contributed by atoms with Gasteiger partial charge in [0.15, 0.2) is 11.5 Å². The number of hydrogen-bond donors (Lipinski definition) is 0. The zero-order chi connectivity index (χ0) is 21.0. The Morgan fingerprint density at radius 3 is 2.31 bits per heavy atom. The van der Waals surface area contributed by atoms with Crippen molar-refractivity contribution in [2.24, 2.45) is 5.92 Å². The number of hydrogen-bond acceptors (Lipinski definition) is 4. The lowest BCUT2D eigenvalue weighted by Gasteiger charge is -2.39. The van der Waals surface area contributed by atoms with Crippen LogP contribution >= 0.6 is 0 Å². The molecule has 1 heterocycles. The predicted octanol–water partition coefficient (Wildman–Crippen LogP) is 4.62. The average molecular weight is 398 g/mol. The number of benzene rings is 2. The summed E-state index contributed by atoms with van der Waals surface area (Å²) in [4.78, 5) is 15.4. The number of carbonyl (C=O) groups excluding carboxylic acids is 1. The molecule has 0 bridgehead atoms. The normalized spacial score (nSPS) is 16.7. The highest BCUT2D eigenvalue weighted by atomic mass is 16.5. The summed E-state index contributed by atoms with van der Waals surface area (Å²) < 4.78 is 16.4. The Hall–Kier alpha value is -2.69. The fourth-order valence-corrected chi connectivity index (χ4v) is 4.17. The zero-order valence-corrected chi connectivity index (χ0v) is 18.0. The average Bonchev–Trinajstić information content (AvgIpc) is 2.76. The van der Waals surface area contributed by atoms with Gasteiger partial charge in [0.2, 0.25) is 5.91 Å². The van der Waals surface area contributed by atoms with E-state index in [-0.39, 0.29) is 17.9 Å².